The van der Waals surface area contributed by atoms with Gasteiger partial charge in [-0.2, -0.15) is 0 Å². The second kappa shape index (κ2) is 15.3. The Kier molecular flexibility index (Phi) is 22.6. The second-order valence-corrected chi connectivity index (χ2v) is 3.36. The van der Waals surface area contributed by atoms with E-state index >= 15 is 0 Å². The molecule has 106 valence electrons. The molecule has 0 aromatic carbocycles. The summed E-state index contributed by atoms with van der Waals surface area (Å²) in [4.78, 5) is 24.4. The van der Waals surface area contributed by atoms with Gasteiger partial charge in [-0.05, 0) is 0 Å². The number of hydrogen-bond acceptors (Lipinski definition) is 7. The zero-order chi connectivity index (χ0) is 14.2. The molecule has 10 nitrogen and oxygen atoms in total. The summed E-state index contributed by atoms with van der Waals surface area (Å²) in [5.41, 5.74) is 0. The van der Waals surface area contributed by atoms with Gasteiger partial charge in [-0.15, -0.1) is 0 Å². The van der Waals surface area contributed by atoms with Crippen LogP contribution < -0.4 is 0 Å². The van der Waals surface area contributed by atoms with Gasteiger partial charge in [0.15, 0.2) is 6.10 Å². The van der Waals surface area contributed by atoms with Crippen molar-refractivity contribution in [1.82, 2.24) is 0 Å². The summed E-state index contributed by atoms with van der Waals surface area (Å²) in [7, 11) is -3.13. The second-order valence-electron chi connectivity index (χ2n) is 2.80. The molecule has 0 saturated carbocycles. The van der Waals surface area contributed by atoms with E-state index in [-0.39, 0.29) is 59.1 Å². The first-order valence-corrected chi connectivity index (χ1v) is 5.43. The van der Waals surface area contributed by atoms with Gasteiger partial charge in [0.2, 0.25) is 0 Å². The van der Waals surface area contributed by atoms with Crippen LogP contribution in [0.15, 0.2) is 0 Å². The number of aliphatic hydroxyl groups is 5. The molecule has 0 aromatic rings. The summed E-state index contributed by atoms with van der Waals surface area (Å²) in [5, 5.41) is 51.8. The summed E-state index contributed by atoms with van der Waals surface area (Å²) < 4.78 is 8.74. The van der Waals surface area contributed by atoms with Crippen molar-refractivity contribution < 1.29 is 49.5 Å². The molecule has 4 atom stereocenters. The van der Waals surface area contributed by atoms with Crippen LogP contribution in [0.2, 0.25) is 0 Å². The molecule has 13 heteroatoms. The van der Waals surface area contributed by atoms with Crippen LogP contribution in [-0.2, 0) is 9.26 Å². The molecule has 0 unspecified atom stereocenters. The molecule has 0 spiro atoms. The Morgan fingerprint density at radius 1 is 1.00 bits per heavy atom. The summed E-state index contributed by atoms with van der Waals surface area (Å²) >= 11 is 0. The van der Waals surface area contributed by atoms with E-state index in [0.29, 0.717) is 0 Å². The minimum absolute atomic E-state index is 0. The molecular formula is C6H16Na2O10Si. The quantitative estimate of drug-likeness (QED) is 0.225. The van der Waals surface area contributed by atoms with Gasteiger partial charge in [0.05, 0.1) is 6.61 Å². The number of aliphatic hydroxyl groups excluding tert-OH is 5. The molecule has 0 bridgehead atoms. The average Bonchev–Trinajstić information content (AvgIpc) is 2.23. The van der Waals surface area contributed by atoms with Gasteiger partial charge in [0, 0.05) is 0 Å². The van der Waals surface area contributed by atoms with Crippen molar-refractivity contribution in [3.63, 3.8) is 0 Å². The molecule has 0 aliphatic heterocycles. The normalized spacial score (nSPS) is 15.2. The van der Waals surface area contributed by atoms with E-state index in [2.05, 4.69) is 0 Å². The standard InChI is InChI=1S/C6H12O7.2Na.H2O3Si.2H/c7-1-2(8)3(9)4(10)5(11)6(12)13;;;1-4(2)3;;/h2-5,7-11H,1H2,(H,12,13);;;1-2H;;/t2-,3-,4+,5-;;;;;/m1...../s1. The van der Waals surface area contributed by atoms with Crippen LogP contribution in [0.5, 0.6) is 0 Å². The van der Waals surface area contributed by atoms with Crippen LogP contribution in [0.4, 0.5) is 0 Å². The third-order valence-corrected chi connectivity index (χ3v) is 1.51. The molecule has 0 aliphatic rings. The molecule has 0 heterocycles. The van der Waals surface area contributed by atoms with E-state index in [1.54, 1.807) is 0 Å². The molecule has 8 N–H and O–H groups in total. The van der Waals surface area contributed by atoms with Gasteiger partial charge in [-0.3, -0.25) is 4.46 Å². The van der Waals surface area contributed by atoms with Crippen LogP contribution in [0.3, 0.4) is 0 Å². The minimum atomic E-state index is -3.13. The zero-order valence-corrected chi connectivity index (χ0v) is 9.41. The van der Waals surface area contributed by atoms with E-state index in [9.17, 15) is 4.79 Å². The number of carboxylic acid groups (broad SMARTS) is 1. The van der Waals surface area contributed by atoms with E-state index < -0.39 is 46.2 Å². The molecule has 0 radical (unpaired) electrons. The fourth-order valence-electron chi connectivity index (χ4n) is 0.668. The molecule has 0 rings (SSSR count). The predicted octanol–water partition coefficient (Wildman–Crippen LogP) is -6.40. The maximum atomic E-state index is 10.1. The van der Waals surface area contributed by atoms with Gasteiger partial charge < -0.3 is 40.2 Å². The summed E-state index contributed by atoms with van der Waals surface area (Å²) in [6, 6.07) is 0. The Balaban J connectivity index is -0.000000165. The van der Waals surface area contributed by atoms with Crippen molar-refractivity contribution in [2.24, 2.45) is 0 Å². The van der Waals surface area contributed by atoms with Crippen molar-refractivity contribution >= 4 is 74.3 Å². The maximum absolute atomic E-state index is 10.1. The van der Waals surface area contributed by atoms with Gasteiger partial charge >= 0.3 is 74.3 Å². The Morgan fingerprint density at radius 2 is 1.32 bits per heavy atom. The van der Waals surface area contributed by atoms with E-state index in [1.165, 1.54) is 0 Å². The van der Waals surface area contributed by atoms with Crippen LogP contribution in [-0.4, -0.2) is 146 Å². The number of rotatable bonds is 5. The zero-order valence-electron chi connectivity index (χ0n) is 8.41. The average molecular weight is 322 g/mol. The molecule has 0 aliphatic carbocycles. The van der Waals surface area contributed by atoms with Crippen LogP contribution in [0.25, 0.3) is 0 Å². The van der Waals surface area contributed by atoms with Crippen LogP contribution >= 0.6 is 0 Å². The van der Waals surface area contributed by atoms with Crippen molar-refractivity contribution in [3.05, 3.63) is 0 Å². The number of aliphatic carboxylic acids is 1. The van der Waals surface area contributed by atoms with Crippen molar-refractivity contribution in [2.75, 3.05) is 6.61 Å². The number of carbonyl (C=O) groups is 1. The first-order chi connectivity index (χ1) is 7.64. The third kappa shape index (κ3) is 15.1. The van der Waals surface area contributed by atoms with Crippen molar-refractivity contribution in [3.8, 4) is 0 Å². The van der Waals surface area contributed by atoms with Crippen LogP contribution in [0, 0.1) is 0 Å². The van der Waals surface area contributed by atoms with Crippen molar-refractivity contribution in [1.29, 1.82) is 0 Å². The SMILES string of the molecule is O=C(O)[C@H](O)[C@@H](O)[C@H](O)[C@H](O)CO.O=[Si](O)O.[NaH].[NaH]. The summed E-state index contributed by atoms with van der Waals surface area (Å²) in [5.74, 6) is -1.73. The van der Waals surface area contributed by atoms with Gasteiger partial charge in [0.1, 0.15) is 18.3 Å². The third-order valence-electron chi connectivity index (χ3n) is 1.51. The van der Waals surface area contributed by atoms with Crippen LogP contribution in [0.1, 0.15) is 0 Å². The Morgan fingerprint density at radius 3 is 1.53 bits per heavy atom. The molecule has 0 aromatic heterocycles. The van der Waals surface area contributed by atoms with Gasteiger partial charge in [0.25, 0.3) is 0 Å². The molecular weight excluding hydrogens is 306 g/mol. The Bertz CT molecular complexity index is 250. The number of hydrogen-bond donors (Lipinski definition) is 8. The molecule has 0 fully saturated rings. The molecule has 19 heavy (non-hydrogen) atoms. The molecule has 0 amide bonds. The fraction of sp³-hybridized carbons (Fsp3) is 0.833. The predicted molar refractivity (Wildman–Crippen MR) is 63.9 cm³/mol. The molecule has 0 saturated heterocycles. The Hall–Kier alpha value is 0.887. The summed E-state index contributed by atoms with van der Waals surface area (Å²) in [6.45, 7) is -0.843. The first kappa shape index (κ1) is 28.1. The topological polar surface area (TPSA) is 196 Å². The van der Waals surface area contributed by atoms with E-state index in [4.69, 9.17) is 44.7 Å². The monoisotopic (exact) mass is 322 g/mol. The van der Waals surface area contributed by atoms with E-state index in [1.807, 2.05) is 0 Å². The Labute approximate surface area is 153 Å². The number of carboxylic acids is 1. The fourth-order valence-corrected chi connectivity index (χ4v) is 0.668. The van der Waals surface area contributed by atoms with Gasteiger partial charge in [-0.1, -0.05) is 0 Å². The van der Waals surface area contributed by atoms with Crippen molar-refractivity contribution in [2.45, 2.75) is 24.4 Å². The first-order valence-electron chi connectivity index (χ1n) is 4.13. The van der Waals surface area contributed by atoms with Gasteiger partial charge in [-0.25, -0.2) is 4.79 Å². The van der Waals surface area contributed by atoms with E-state index in [0.717, 1.165) is 0 Å². The summed E-state index contributed by atoms with van der Waals surface area (Å²) in [6.07, 6.45) is -7.84.